The van der Waals surface area contributed by atoms with Crippen molar-refractivity contribution in [3.05, 3.63) is 48.3 Å². The fraction of sp³-hybridized carbons (Fsp3) is 0.0769. The summed E-state index contributed by atoms with van der Waals surface area (Å²) in [5, 5.41) is 12.0. The van der Waals surface area contributed by atoms with Gasteiger partial charge in [-0.15, -0.1) is 5.10 Å². The molecule has 0 bridgehead atoms. The van der Waals surface area contributed by atoms with Gasteiger partial charge in [-0.1, -0.05) is 12.1 Å². The van der Waals surface area contributed by atoms with Crippen LogP contribution >= 0.6 is 0 Å². The fourth-order valence-electron chi connectivity index (χ4n) is 1.69. The molecule has 0 aliphatic heterocycles. The Balaban J connectivity index is 1.82. The van der Waals surface area contributed by atoms with Crippen molar-refractivity contribution in [1.29, 1.82) is 0 Å². The first-order chi connectivity index (χ1) is 9.33. The second-order valence-corrected chi connectivity index (χ2v) is 4.02. The summed E-state index contributed by atoms with van der Waals surface area (Å²) in [6, 6.07) is 11.5. The molecular formula is C13H12N6. The number of hydrogen-bond donors (Lipinski definition) is 2. The number of nitrogens with one attached hydrogen (secondary N) is 2. The number of H-pyrrole nitrogens is 1. The van der Waals surface area contributed by atoms with E-state index in [9.17, 15) is 0 Å². The van der Waals surface area contributed by atoms with Gasteiger partial charge in [-0.2, -0.15) is 10.2 Å². The van der Waals surface area contributed by atoms with Gasteiger partial charge in [0.1, 0.15) is 5.69 Å². The van der Waals surface area contributed by atoms with Crippen molar-refractivity contribution in [3.63, 3.8) is 0 Å². The van der Waals surface area contributed by atoms with Gasteiger partial charge in [0.25, 0.3) is 0 Å². The molecule has 2 aromatic heterocycles. The standard InChI is InChI=1S/C13H12N6/c1-9(10-7-4-8-14-18-10)17-19-13-15-11-5-2-3-6-12(11)16-13/h2-8H,1H3,(H2,15,16,19)/b17-9+. The molecule has 6 heteroatoms. The van der Waals surface area contributed by atoms with Crippen LogP contribution in [0.25, 0.3) is 11.0 Å². The lowest BCUT2D eigenvalue weighted by atomic mass is 10.3. The monoisotopic (exact) mass is 252 g/mol. The Kier molecular flexibility index (Phi) is 2.89. The quantitative estimate of drug-likeness (QED) is 0.553. The molecule has 0 aliphatic rings. The number of fused-ring (bicyclic) bond motifs is 1. The third-order valence-corrected chi connectivity index (χ3v) is 2.66. The molecular weight excluding hydrogens is 240 g/mol. The van der Waals surface area contributed by atoms with Crippen LogP contribution in [0.1, 0.15) is 12.6 Å². The van der Waals surface area contributed by atoms with E-state index in [1.54, 1.807) is 6.20 Å². The van der Waals surface area contributed by atoms with Crippen LogP contribution < -0.4 is 5.43 Å². The highest BCUT2D eigenvalue weighted by atomic mass is 15.4. The Morgan fingerprint density at radius 2 is 2.11 bits per heavy atom. The normalized spacial score (nSPS) is 11.7. The van der Waals surface area contributed by atoms with E-state index in [4.69, 9.17) is 0 Å². The number of para-hydroxylation sites is 2. The zero-order valence-corrected chi connectivity index (χ0v) is 10.3. The van der Waals surface area contributed by atoms with Gasteiger partial charge in [0.05, 0.1) is 16.7 Å². The summed E-state index contributed by atoms with van der Waals surface area (Å²) in [6.07, 6.45) is 1.63. The number of nitrogens with zero attached hydrogens (tertiary/aromatic N) is 4. The number of aromatic nitrogens is 4. The maximum Gasteiger partial charge on any atom is 0.222 e. The Hall–Kier alpha value is -2.76. The Bertz CT molecular complexity index is 683. The molecule has 2 N–H and O–H groups in total. The van der Waals surface area contributed by atoms with E-state index in [1.807, 2.05) is 43.3 Å². The van der Waals surface area contributed by atoms with Gasteiger partial charge in [-0.05, 0) is 31.2 Å². The smallest absolute Gasteiger partial charge is 0.222 e. The fourth-order valence-corrected chi connectivity index (χ4v) is 1.69. The van der Waals surface area contributed by atoms with Crippen LogP contribution in [-0.2, 0) is 0 Å². The number of anilines is 1. The van der Waals surface area contributed by atoms with Crippen LogP contribution in [0.2, 0.25) is 0 Å². The third-order valence-electron chi connectivity index (χ3n) is 2.66. The largest absolute Gasteiger partial charge is 0.323 e. The Labute approximate surface area is 109 Å². The molecule has 0 radical (unpaired) electrons. The van der Waals surface area contributed by atoms with Gasteiger partial charge in [0, 0.05) is 6.20 Å². The number of imidazole rings is 1. The van der Waals surface area contributed by atoms with Crippen LogP contribution in [0.15, 0.2) is 47.7 Å². The SMILES string of the molecule is C/C(=N\Nc1nc2ccccc2[nH]1)c1cccnn1. The Morgan fingerprint density at radius 3 is 2.89 bits per heavy atom. The van der Waals surface area contributed by atoms with Gasteiger partial charge in [0.15, 0.2) is 0 Å². The van der Waals surface area contributed by atoms with Crippen molar-refractivity contribution in [2.75, 3.05) is 5.43 Å². The predicted octanol–water partition coefficient (Wildman–Crippen LogP) is 2.19. The first-order valence-corrected chi connectivity index (χ1v) is 5.86. The van der Waals surface area contributed by atoms with Crippen molar-refractivity contribution >= 4 is 22.7 Å². The van der Waals surface area contributed by atoms with E-state index in [2.05, 4.69) is 30.7 Å². The molecule has 0 atom stereocenters. The van der Waals surface area contributed by atoms with E-state index in [-0.39, 0.29) is 0 Å². The molecule has 1 aromatic carbocycles. The van der Waals surface area contributed by atoms with Gasteiger partial charge in [-0.25, -0.2) is 10.4 Å². The molecule has 0 aliphatic carbocycles. The highest BCUT2D eigenvalue weighted by Crippen LogP contribution is 2.13. The summed E-state index contributed by atoms with van der Waals surface area (Å²) >= 11 is 0. The molecule has 6 nitrogen and oxygen atoms in total. The minimum absolute atomic E-state index is 0.601. The summed E-state index contributed by atoms with van der Waals surface area (Å²) in [6.45, 7) is 1.86. The molecule has 2 heterocycles. The van der Waals surface area contributed by atoms with Crippen molar-refractivity contribution in [3.8, 4) is 0 Å². The van der Waals surface area contributed by atoms with Crippen LogP contribution in [0.5, 0.6) is 0 Å². The molecule has 0 unspecified atom stereocenters. The lowest BCUT2D eigenvalue weighted by Crippen LogP contribution is -2.03. The van der Waals surface area contributed by atoms with Crippen LogP contribution in [0.4, 0.5) is 5.95 Å². The topological polar surface area (TPSA) is 78.9 Å². The van der Waals surface area contributed by atoms with E-state index in [1.165, 1.54) is 0 Å². The first-order valence-electron chi connectivity index (χ1n) is 5.86. The minimum atomic E-state index is 0.601. The zero-order chi connectivity index (χ0) is 13.1. The van der Waals surface area contributed by atoms with E-state index < -0.39 is 0 Å². The van der Waals surface area contributed by atoms with Gasteiger partial charge in [0.2, 0.25) is 5.95 Å². The summed E-state index contributed by atoms with van der Waals surface area (Å²) in [4.78, 5) is 7.51. The number of rotatable bonds is 3. The summed E-state index contributed by atoms with van der Waals surface area (Å²) in [5.74, 6) is 0.601. The van der Waals surface area contributed by atoms with Crippen LogP contribution in [0, 0.1) is 0 Å². The van der Waals surface area contributed by atoms with Crippen molar-refractivity contribution in [2.45, 2.75) is 6.92 Å². The van der Waals surface area contributed by atoms with Crippen LogP contribution in [-0.4, -0.2) is 25.9 Å². The molecule has 0 saturated carbocycles. The van der Waals surface area contributed by atoms with E-state index in [0.29, 0.717) is 5.95 Å². The lowest BCUT2D eigenvalue weighted by Gasteiger charge is -1.98. The van der Waals surface area contributed by atoms with E-state index in [0.717, 1.165) is 22.4 Å². The predicted molar refractivity (Wildman–Crippen MR) is 74.0 cm³/mol. The molecule has 0 fully saturated rings. The molecule has 0 spiro atoms. The van der Waals surface area contributed by atoms with Gasteiger partial charge < -0.3 is 4.98 Å². The maximum atomic E-state index is 4.37. The first kappa shape index (κ1) is 11.3. The van der Waals surface area contributed by atoms with E-state index >= 15 is 0 Å². The second-order valence-electron chi connectivity index (χ2n) is 4.02. The third kappa shape index (κ3) is 2.42. The highest BCUT2D eigenvalue weighted by Gasteiger charge is 2.01. The number of aromatic amines is 1. The molecule has 3 rings (SSSR count). The highest BCUT2D eigenvalue weighted by molar-refractivity contribution is 5.97. The molecule has 0 saturated heterocycles. The molecule has 19 heavy (non-hydrogen) atoms. The minimum Gasteiger partial charge on any atom is -0.323 e. The zero-order valence-electron chi connectivity index (χ0n) is 10.3. The summed E-state index contributed by atoms with van der Waals surface area (Å²) < 4.78 is 0. The number of benzene rings is 1. The summed E-state index contributed by atoms with van der Waals surface area (Å²) in [5.41, 5.74) is 6.23. The average Bonchev–Trinajstić information content (AvgIpc) is 2.88. The molecule has 94 valence electrons. The van der Waals surface area contributed by atoms with Crippen molar-refractivity contribution in [2.24, 2.45) is 5.10 Å². The van der Waals surface area contributed by atoms with Crippen LogP contribution in [0.3, 0.4) is 0 Å². The maximum absolute atomic E-state index is 4.37. The molecule has 3 aromatic rings. The van der Waals surface area contributed by atoms with Crippen molar-refractivity contribution in [1.82, 2.24) is 20.2 Å². The Morgan fingerprint density at radius 1 is 1.21 bits per heavy atom. The average molecular weight is 252 g/mol. The van der Waals surface area contributed by atoms with Gasteiger partial charge >= 0.3 is 0 Å². The van der Waals surface area contributed by atoms with Gasteiger partial charge in [-0.3, -0.25) is 0 Å². The summed E-state index contributed by atoms with van der Waals surface area (Å²) in [7, 11) is 0. The lowest BCUT2D eigenvalue weighted by molar-refractivity contribution is 1.01. The second kappa shape index (κ2) is 4.85. The van der Waals surface area contributed by atoms with Crippen molar-refractivity contribution < 1.29 is 0 Å². The molecule has 0 amide bonds. The number of hydrogen-bond acceptors (Lipinski definition) is 5. The number of hydrazone groups is 1.